The van der Waals surface area contributed by atoms with Gasteiger partial charge < -0.3 is 5.73 Å². The van der Waals surface area contributed by atoms with Crippen LogP contribution in [0.3, 0.4) is 0 Å². The minimum absolute atomic E-state index is 0.397. The average Bonchev–Trinajstić information content (AvgIpc) is 1.91. The molecule has 0 saturated carbocycles. The molecule has 2 N–H and O–H groups in total. The Labute approximate surface area is 76.0 Å². The van der Waals surface area contributed by atoms with Gasteiger partial charge >= 0.3 is 0 Å². The third kappa shape index (κ3) is 2.98. The first-order valence-electron chi connectivity index (χ1n) is 4.89. The van der Waals surface area contributed by atoms with Crippen LogP contribution in [-0.4, -0.2) is 6.04 Å². The van der Waals surface area contributed by atoms with E-state index in [1.165, 1.54) is 12.8 Å². The van der Waals surface area contributed by atoms with Crippen LogP contribution in [0.4, 0.5) is 0 Å². The van der Waals surface area contributed by atoms with Gasteiger partial charge in [0.05, 0.1) is 0 Å². The second-order valence-corrected chi connectivity index (χ2v) is 5.13. The third-order valence-electron chi connectivity index (χ3n) is 2.49. The van der Waals surface area contributed by atoms with Crippen LogP contribution in [0.25, 0.3) is 0 Å². The largest absolute Gasteiger partial charge is 0.327 e. The molecule has 0 aromatic rings. The van der Waals surface area contributed by atoms with Crippen molar-refractivity contribution < 1.29 is 0 Å². The molecule has 0 heterocycles. The summed E-state index contributed by atoms with van der Waals surface area (Å²) in [5, 5.41) is 0. The van der Waals surface area contributed by atoms with E-state index < -0.39 is 0 Å². The number of rotatable bonds is 1. The zero-order valence-corrected chi connectivity index (χ0v) is 8.51. The second kappa shape index (κ2) is 3.61. The fourth-order valence-corrected chi connectivity index (χ4v) is 1.91. The molecule has 1 heteroatoms. The summed E-state index contributed by atoms with van der Waals surface area (Å²) in [6, 6.07) is 0.397. The number of allylic oxidation sites excluding steroid dienone is 1. The summed E-state index contributed by atoms with van der Waals surface area (Å²) in [4.78, 5) is 0. The molecule has 2 atom stereocenters. The Bertz CT molecular complexity index is 164. The van der Waals surface area contributed by atoms with Crippen molar-refractivity contribution in [3.63, 3.8) is 0 Å². The maximum atomic E-state index is 6.03. The first-order chi connectivity index (χ1) is 5.49. The molecule has 0 bridgehead atoms. The van der Waals surface area contributed by atoms with Crippen molar-refractivity contribution >= 4 is 0 Å². The van der Waals surface area contributed by atoms with E-state index >= 15 is 0 Å². The van der Waals surface area contributed by atoms with Gasteiger partial charge in [-0.3, -0.25) is 0 Å². The fourth-order valence-electron chi connectivity index (χ4n) is 1.91. The summed E-state index contributed by atoms with van der Waals surface area (Å²) in [6.07, 6.45) is 7.99. The van der Waals surface area contributed by atoms with Crippen LogP contribution in [0.2, 0.25) is 0 Å². The Kier molecular flexibility index (Phi) is 2.94. The molecule has 0 fully saturated rings. The lowest BCUT2D eigenvalue weighted by molar-refractivity contribution is 0.257. The molecule has 0 unspecified atom stereocenters. The highest BCUT2D eigenvalue weighted by atomic mass is 14.7. The van der Waals surface area contributed by atoms with Gasteiger partial charge in [-0.2, -0.15) is 0 Å². The molecule has 1 nitrogen and oxygen atoms in total. The Balaban J connectivity index is 2.46. The first-order valence-corrected chi connectivity index (χ1v) is 4.89. The van der Waals surface area contributed by atoms with E-state index in [1.54, 1.807) is 0 Å². The minimum Gasteiger partial charge on any atom is -0.327 e. The minimum atomic E-state index is 0.397. The van der Waals surface area contributed by atoms with E-state index in [9.17, 15) is 0 Å². The smallest absolute Gasteiger partial charge is 0.0105 e. The van der Waals surface area contributed by atoms with E-state index in [1.807, 2.05) is 0 Å². The van der Waals surface area contributed by atoms with E-state index in [2.05, 4.69) is 32.9 Å². The predicted octanol–water partition coefficient (Wildman–Crippen LogP) is 2.72. The lowest BCUT2D eigenvalue weighted by Crippen LogP contribution is -2.33. The van der Waals surface area contributed by atoms with Gasteiger partial charge in [0.2, 0.25) is 0 Å². The fraction of sp³-hybridized carbons (Fsp3) is 0.818. The lowest BCUT2D eigenvalue weighted by Gasteiger charge is -2.31. The quantitative estimate of drug-likeness (QED) is 0.597. The van der Waals surface area contributed by atoms with Crippen molar-refractivity contribution in [2.24, 2.45) is 17.1 Å². The molecule has 0 spiro atoms. The molecular formula is C11H21N. The van der Waals surface area contributed by atoms with Crippen molar-refractivity contribution in [2.45, 2.75) is 46.1 Å². The molecule has 0 amide bonds. The third-order valence-corrected chi connectivity index (χ3v) is 2.49. The predicted molar refractivity (Wildman–Crippen MR) is 53.9 cm³/mol. The number of nitrogens with two attached hydrogens (primary N) is 1. The Hall–Kier alpha value is -0.300. The molecule has 1 rings (SSSR count). The van der Waals surface area contributed by atoms with Gasteiger partial charge in [-0.25, -0.2) is 0 Å². The van der Waals surface area contributed by atoms with E-state index in [-0.39, 0.29) is 0 Å². The van der Waals surface area contributed by atoms with Gasteiger partial charge in [0.15, 0.2) is 0 Å². The molecule has 0 radical (unpaired) electrons. The van der Waals surface area contributed by atoms with E-state index in [0.717, 1.165) is 6.42 Å². The van der Waals surface area contributed by atoms with Gasteiger partial charge in [0.25, 0.3) is 0 Å². The standard InChI is InChI=1S/C11H21N/c1-11(2,3)8-9-6-4-5-7-10(9)12/h4-5,9-10H,6-8,12H2,1-3H3/t9-,10-/m1/s1. The van der Waals surface area contributed by atoms with Gasteiger partial charge in [-0.15, -0.1) is 0 Å². The van der Waals surface area contributed by atoms with Crippen molar-refractivity contribution in [3.8, 4) is 0 Å². The highest BCUT2D eigenvalue weighted by Crippen LogP contribution is 2.30. The summed E-state index contributed by atoms with van der Waals surface area (Å²) >= 11 is 0. The normalized spacial score (nSPS) is 30.7. The Morgan fingerprint density at radius 3 is 2.33 bits per heavy atom. The van der Waals surface area contributed by atoms with Crippen molar-refractivity contribution in [1.29, 1.82) is 0 Å². The molecule has 1 aliphatic rings. The molecule has 70 valence electrons. The van der Waals surface area contributed by atoms with Crippen LogP contribution in [0.1, 0.15) is 40.0 Å². The van der Waals surface area contributed by atoms with Crippen molar-refractivity contribution in [1.82, 2.24) is 0 Å². The van der Waals surface area contributed by atoms with E-state index in [0.29, 0.717) is 17.4 Å². The van der Waals surface area contributed by atoms with Crippen LogP contribution in [0.15, 0.2) is 12.2 Å². The maximum absolute atomic E-state index is 6.03. The zero-order valence-electron chi connectivity index (χ0n) is 8.51. The number of hydrogen-bond acceptors (Lipinski definition) is 1. The molecule has 0 aromatic heterocycles. The monoisotopic (exact) mass is 167 g/mol. The molecule has 0 aromatic carbocycles. The van der Waals surface area contributed by atoms with Gasteiger partial charge in [0, 0.05) is 6.04 Å². The summed E-state index contributed by atoms with van der Waals surface area (Å²) < 4.78 is 0. The van der Waals surface area contributed by atoms with Crippen LogP contribution >= 0.6 is 0 Å². The van der Waals surface area contributed by atoms with E-state index in [4.69, 9.17) is 5.73 Å². The van der Waals surface area contributed by atoms with Gasteiger partial charge in [-0.05, 0) is 30.6 Å². The molecule has 1 aliphatic carbocycles. The summed E-state index contributed by atoms with van der Waals surface area (Å²) in [5.41, 5.74) is 6.46. The molecule has 0 saturated heterocycles. The van der Waals surface area contributed by atoms with Crippen LogP contribution < -0.4 is 5.73 Å². The maximum Gasteiger partial charge on any atom is 0.0105 e. The van der Waals surface area contributed by atoms with Crippen molar-refractivity contribution in [3.05, 3.63) is 12.2 Å². The Morgan fingerprint density at radius 2 is 1.83 bits per heavy atom. The van der Waals surface area contributed by atoms with Crippen molar-refractivity contribution in [2.75, 3.05) is 0 Å². The lowest BCUT2D eigenvalue weighted by atomic mass is 9.77. The average molecular weight is 167 g/mol. The molecule has 12 heavy (non-hydrogen) atoms. The number of hydrogen-bond donors (Lipinski definition) is 1. The summed E-state index contributed by atoms with van der Waals surface area (Å²) in [7, 11) is 0. The highest BCUT2D eigenvalue weighted by molar-refractivity contribution is 4.97. The molecular weight excluding hydrogens is 146 g/mol. The Morgan fingerprint density at radius 1 is 1.25 bits per heavy atom. The van der Waals surface area contributed by atoms with Crippen LogP contribution in [0.5, 0.6) is 0 Å². The second-order valence-electron chi connectivity index (χ2n) is 5.13. The van der Waals surface area contributed by atoms with Crippen LogP contribution in [-0.2, 0) is 0 Å². The molecule has 0 aliphatic heterocycles. The SMILES string of the molecule is CC(C)(C)C[C@H]1CC=CC[C@H]1N. The first kappa shape index (κ1) is 9.79. The topological polar surface area (TPSA) is 26.0 Å². The summed E-state index contributed by atoms with van der Waals surface area (Å²) in [5.74, 6) is 0.704. The van der Waals surface area contributed by atoms with Crippen LogP contribution in [0, 0.1) is 11.3 Å². The zero-order chi connectivity index (χ0) is 9.19. The van der Waals surface area contributed by atoms with Gasteiger partial charge in [0.1, 0.15) is 0 Å². The highest BCUT2D eigenvalue weighted by Gasteiger charge is 2.24. The summed E-state index contributed by atoms with van der Waals surface area (Å²) in [6.45, 7) is 6.87. The van der Waals surface area contributed by atoms with Gasteiger partial charge in [-0.1, -0.05) is 32.9 Å².